The molecule has 1 spiro atoms. The summed E-state index contributed by atoms with van der Waals surface area (Å²) >= 11 is 0. The highest BCUT2D eigenvalue weighted by Gasteiger charge is 2.45. The van der Waals surface area contributed by atoms with Gasteiger partial charge in [-0.3, -0.25) is 5.32 Å². The molecule has 180 valence electrons. The van der Waals surface area contributed by atoms with Gasteiger partial charge in [-0.25, -0.2) is 4.79 Å². The predicted octanol–water partition coefficient (Wildman–Crippen LogP) is 6.98. The Hall–Kier alpha value is -2.59. The molecule has 1 aliphatic heterocycles. The normalized spacial score (nSPS) is 28.8. The molecule has 5 rings (SSSR count). The van der Waals surface area contributed by atoms with Crippen LogP contribution in [0, 0.1) is 5.92 Å². The zero-order valence-corrected chi connectivity index (χ0v) is 21.0. The van der Waals surface area contributed by atoms with E-state index in [1.807, 2.05) is 32.9 Å². The van der Waals surface area contributed by atoms with E-state index in [1.165, 1.54) is 55.5 Å². The van der Waals surface area contributed by atoms with Crippen LogP contribution >= 0.6 is 0 Å². The monoisotopic (exact) mass is 458 g/mol. The lowest BCUT2D eigenvalue weighted by molar-refractivity contribution is 0.0636. The number of amides is 1. The first kappa shape index (κ1) is 23.2. The Kier molecular flexibility index (Phi) is 6.05. The lowest BCUT2D eigenvalue weighted by Crippen LogP contribution is -2.50. The van der Waals surface area contributed by atoms with Crippen molar-refractivity contribution in [3.63, 3.8) is 0 Å². The average Bonchev–Trinajstić information content (AvgIpc) is 3.42. The highest BCUT2D eigenvalue weighted by atomic mass is 16.6. The van der Waals surface area contributed by atoms with Crippen molar-refractivity contribution in [1.82, 2.24) is 4.90 Å². The Morgan fingerprint density at radius 1 is 1.09 bits per heavy atom. The maximum Gasteiger partial charge on any atom is 0.412 e. The van der Waals surface area contributed by atoms with Crippen LogP contribution in [0.2, 0.25) is 0 Å². The van der Waals surface area contributed by atoms with Crippen molar-refractivity contribution in [3.8, 4) is 0 Å². The summed E-state index contributed by atoms with van der Waals surface area (Å²) in [5.41, 5.74) is 4.84. The minimum Gasteiger partial charge on any atom is -0.444 e. The summed E-state index contributed by atoms with van der Waals surface area (Å²) in [4.78, 5) is 14.8. The van der Waals surface area contributed by atoms with E-state index in [4.69, 9.17) is 4.74 Å². The maximum atomic E-state index is 12.0. The summed E-state index contributed by atoms with van der Waals surface area (Å²) in [6, 6.07) is 18.0. The molecule has 4 heteroatoms. The first-order chi connectivity index (χ1) is 16.2. The fourth-order valence-corrected chi connectivity index (χ4v) is 6.41. The molecular weight excluding hydrogens is 420 g/mol. The Morgan fingerprint density at radius 3 is 2.59 bits per heavy atom. The predicted molar refractivity (Wildman–Crippen MR) is 139 cm³/mol. The number of nitrogens with one attached hydrogen (secondary N) is 1. The second-order valence-electron chi connectivity index (χ2n) is 11.5. The largest absolute Gasteiger partial charge is 0.444 e. The summed E-state index contributed by atoms with van der Waals surface area (Å²) in [6.07, 6.45) is 9.38. The van der Waals surface area contributed by atoms with Crippen molar-refractivity contribution >= 4 is 17.9 Å². The standard InChI is InChI=1S/C30H38N2O2/c1-21-20-32(18-17-30(21)16-15-23-7-5-6-8-27(23)30)26-14-11-24(19-26)22-9-12-25(13-10-22)31-28(33)34-29(2,3)4/h5-10,12-13,15-16,21,24,26H,11,14,17-20H2,1-4H3,(H,31,33). The summed E-state index contributed by atoms with van der Waals surface area (Å²) in [7, 11) is 0. The first-order valence-corrected chi connectivity index (χ1v) is 12.9. The summed E-state index contributed by atoms with van der Waals surface area (Å²) in [5.74, 6) is 1.22. The van der Waals surface area contributed by atoms with E-state index in [-0.39, 0.29) is 5.41 Å². The van der Waals surface area contributed by atoms with Crippen LogP contribution in [0.15, 0.2) is 54.6 Å². The summed E-state index contributed by atoms with van der Waals surface area (Å²) in [6.45, 7) is 10.4. The Balaban J connectivity index is 1.18. The van der Waals surface area contributed by atoms with Gasteiger partial charge in [0.15, 0.2) is 0 Å². The third kappa shape index (κ3) is 4.53. The Labute approximate surface area is 204 Å². The van der Waals surface area contributed by atoms with Crippen molar-refractivity contribution in [1.29, 1.82) is 0 Å². The average molecular weight is 459 g/mol. The molecule has 2 fully saturated rings. The van der Waals surface area contributed by atoms with Crippen LogP contribution in [0.3, 0.4) is 0 Å². The molecule has 2 aromatic carbocycles. The number of piperidine rings is 1. The second kappa shape index (κ2) is 8.88. The van der Waals surface area contributed by atoms with Crippen LogP contribution in [0.5, 0.6) is 0 Å². The third-order valence-electron chi connectivity index (χ3n) is 8.17. The number of hydrogen-bond acceptors (Lipinski definition) is 3. The molecule has 4 atom stereocenters. The molecule has 1 amide bonds. The van der Waals surface area contributed by atoms with E-state index in [1.54, 1.807) is 0 Å². The molecule has 1 heterocycles. The van der Waals surface area contributed by atoms with Gasteiger partial charge >= 0.3 is 6.09 Å². The molecule has 2 aliphatic carbocycles. The van der Waals surface area contributed by atoms with E-state index < -0.39 is 11.7 Å². The molecule has 0 bridgehead atoms. The zero-order chi connectivity index (χ0) is 23.9. The third-order valence-corrected chi connectivity index (χ3v) is 8.17. The quantitative estimate of drug-likeness (QED) is 0.540. The lowest BCUT2D eigenvalue weighted by Gasteiger charge is -2.46. The molecule has 0 radical (unpaired) electrons. The molecule has 3 aliphatic rings. The number of anilines is 1. The van der Waals surface area contributed by atoms with E-state index in [9.17, 15) is 4.79 Å². The van der Waals surface area contributed by atoms with Crippen molar-refractivity contribution < 1.29 is 9.53 Å². The molecule has 1 saturated heterocycles. The number of carbonyl (C=O) groups is 1. The van der Waals surface area contributed by atoms with Gasteiger partial charge < -0.3 is 9.64 Å². The van der Waals surface area contributed by atoms with E-state index >= 15 is 0 Å². The minimum absolute atomic E-state index is 0.224. The fraction of sp³-hybridized carbons (Fsp3) is 0.500. The molecular formula is C30H38N2O2. The molecule has 1 saturated carbocycles. The number of benzene rings is 2. The highest BCUT2D eigenvalue weighted by molar-refractivity contribution is 5.84. The lowest BCUT2D eigenvalue weighted by atomic mass is 9.68. The number of ether oxygens (including phenoxy) is 1. The van der Waals surface area contributed by atoms with Crippen LogP contribution in [-0.4, -0.2) is 35.7 Å². The number of allylic oxidation sites excluding steroid dienone is 1. The van der Waals surface area contributed by atoms with Gasteiger partial charge in [0.05, 0.1) is 0 Å². The molecule has 34 heavy (non-hydrogen) atoms. The number of fused-ring (bicyclic) bond motifs is 2. The van der Waals surface area contributed by atoms with E-state index in [0.717, 1.165) is 5.69 Å². The molecule has 2 aromatic rings. The summed E-state index contributed by atoms with van der Waals surface area (Å²) < 4.78 is 5.36. The van der Waals surface area contributed by atoms with Crippen molar-refractivity contribution in [2.24, 2.45) is 5.92 Å². The Bertz CT molecular complexity index is 1070. The number of carbonyl (C=O) groups excluding carboxylic acids is 1. The molecule has 4 unspecified atom stereocenters. The highest BCUT2D eigenvalue weighted by Crippen LogP contribution is 2.48. The van der Waals surface area contributed by atoms with Gasteiger partial charge in [0.2, 0.25) is 0 Å². The van der Waals surface area contributed by atoms with Crippen molar-refractivity contribution in [2.75, 3.05) is 18.4 Å². The minimum atomic E-state index is -0.494. The van der Waals surface area contributed by atoms with Gasteiger partial charge in [-0.2, -0.15) is 0 Å². The first-order valence-electron chi connectivity index (χ1n) is 12.9. The van der Waals surface area contributed by atoms with Gasteiger partial charge in [0, 0.05) is 23.7 Å². The van der Waals surface area contributed by atoms with Gasteiger partial charge in [-0.1, -0.05) is 55.5 Å². The van der Waals surface area contributed by atoms with Crippen molar-refractivity contribution in [3.05, 3.63) is 71.3 Å². The fourth-order valence-electron chi connectivity index (χ4n) is 6.41. The van der Waals surface area contributed by atoms with Crippen molar-refractivity contribution in [2.45, 2.75) is 76.4 Å². The number of likely N-dealkylation sites (tertiary alicyclic amines) is 1. The maximum absolute atomic E-state index is 12.0. The van der Waals surface area contributed by atoms with E-state index in [2.05, 4.69) is 65.7 Å². The summed E-state index contributed by atoms with van der Waals surface area (Å²) in [5, 5.41) is 2.84. The molecule has 4 nitrogen and oxygen atoms in total. The van der Waals surface area contributed by atoms with Crippen LogP contribution in [-0.2, 0) is 10.2 Å². The number of nitrogens with zero attached hydrogens (tertiary/aromatic N) is 1. The van der Waals surface area contributed by atoms with Crippen LogP contribution in [0.1, 0.15) is 76.0 Å². The van der Waals surface area contributed by atoms with E-state index in [0.29, 0.717) is 17.9 Å². The smallest absolute Gasteiger partial charge is 0.412 e. The number of hydrogen-bond donors (Lipinski definition) is 1. The Morgan fingerprint density at radius 2 is 1.85 bits per heavy atom. The van der Waals surface area contributed by atoms with Gasteiger partial charge in [-0.05, 0) is 93.7 Å². The second-order valence-corrected chi connectivity index (χ2v) is 11.5. The molecule has 0 aromatic heterocycles. The van der Waals surface area contributed by atoms with Gasteiger partial charge in [0.1, 0.15) is 5.60 Å². The van der Waals surface area contributed by atoms with Gasteiger partial charge in [0.25, 0.3) is 0 Å². The SMILES string of the molecule is CC1CN(C2CCC(c3ccc(NC(=O)OC(C)(C)C)cc3)C2)CCC12C=Cc1ccccc12. The van der Waals surface area contributed by atoms with Crippen LogP contribution in [0.25, 0.3) is 6.08 Å². The molecule has 1 N–H and O–H groups in total. The topological polar surface area (TPSA) is 41.6 Å². The van der Waals surface area contributed by atoms with Crippen LogP contribution < -0.4 is 5.32 Å². The number of rotatable bonds is 3. The van der Waals surface area contributed by atoms with Gasteiger partial charge in [-0.15, -0.1) is 0 Å². The van der Waals surface area contributed by atoms with Crippen LogP contribution in [0.4, 0.5) is 10.5 Å². The zero-order valence-electron chi connectivity index (χ0n) is 21.0.